The molecule has 2 N–H and O–H groups in total. The van der Waals surface area contributed by atoms with Gasteiger partial charge in [-0.25, -0.2) is 4.79 Å². The van der Waals surface area contributed by atoms with Gasteiger partial charge in [-0.2, -0.15) is 18.9 Å². The van der Waals surface area contributed by atoms with Gasteiger partial charge in [0.15, 0.2) is 0 Å². The largest absolute Gasteiger partial charge is 1.00 e. The van der Waals surface area contributed by atoms with Crippen LogP contribution in [0, 0.1) is 0 Å². The summed E-state index contributed by atoms with van der Waals surface area (Å²) in [7, 11) is 1.53. The van der Waals surface area contributed by atoms with Crippen LogP contribution in [0.2, 0.25) is 0 Å². The molecule has 17 heteroatoms. The van der Waals surface area contributed by atoms with Crippen LogP contribution < -0.4 is 58.9 Å². The maximum Gasteiger partial charge on any atom is 1.00 e. The number of hydrogen-bond acceptors (Lipinski definition) is 13. The Morgan fingerprint density at radius 1 is 0.683 bits per heavy atom. The Bertz CT molecular complexity index is 1480. The summed E-state index contributed by atoms with van der Waals surface area (Å²) in [5, 5.41) is 50.9. The van der Waals surface area contributed by atoms with Crippen LogP contribution in [0.25, 0.3) is 10.8 Å². The second-order valence-electron chi connectivity index (χ2n) is 7.39. The number of benzene rings is 4. The summed E-state index contributed by atoms with van der Waals surface area (Å²) >= 11 is 1.52. The van der Waals surface area contributed by atoms with E-state index >= 15 is 0 Å². The molecule has 4 rings (SSSR count). The van der Waals surface area contributed by atoms with E-state index in [2.05, 4.69) is 49.8 Å². The van der Waals surface area contributed by atoms with Gasteiger partial charge in [-0.1, -0.05) is 6.07 Å². The molecule has 0 saturated carbocycles. The van der Waals surface area contributed by atoms with Crippen molar-refractivity contribution in [3.05, 3.63) is 78.9 Å². The van der Waals surface area contributed by atoms with Crippen molar-refractivity contribution in [3.63, 3.8) is 0 Å². The molecule has 4 aromatic carbocycles. The predicted molar refractivity (Wildman–Crippen MR) is 139 cm³/mol. The van der Waals surface area contributed by atoms with Gasteiger partial charge in [-0.15, -0.1) is 10.2 Å². The smallest absolute Gasteiger partial charge is 0.691 e. The van der Waals surface area contributed by atoms with E-state index in [0.29, 0.717) is 43.6 Å². The fourth-order valence-corrected chi connectivity index (χ4v) is 3.97. The minimum atomic E-state index is -0.325. The summed E-state index contributed by atoms with van der Waals surface area (Å²) in [6.07, 6.45) is 0. The first-order chi connectivity index (χ1) is 19.1. The van der Waals surface area contributed by atoms with Crippen LogP contribution in [-0.4, -0.2) is 13.1 Å². The van der Waals surface area contributed by atoms with Crippen LogP contribution in [0.4, 0.5) is 33.2 Å². The molecular formula is C24H18Li2N6O7S2. The minimum Gasteiger partial charge on any atom is -0.691 e. The number of carbonyl (C=O) groups excluding carboxylic acids is 1. The Labute approximate surface area is 266 Å². The number of carbonyl (C=O) groups is 1. The van der Waals surface area contributed by atoms with E-state index in [1.54, 1.807) is 78.9 Å². The third-order valence-electron chi connectivity index (χ3n) is 4.99. The van der Waals surface area contributed by atoms with Crippen LogP contribution in [0.1, 0.15) is 0 Å². The zero-order valence-corrected chi connectivity index (χ0v) is 23.6. The third-order valence-corrected chi connectivity index (χ3v) is 6.15. The van der Waals surface area contributed by atoms with E-state index < -0.39 is 0 Å². The average molecular weight is 580 g/mol. The van der Waals surface area contributed by atoms with Gasteiger partial charge in [0.25, 0.3) is 0 Å². The fourth-order valence-electron chi connectivity index (χ4n) is 3.23. The van der Waals surface area contributed by atoms with Crippen LogP contribution in [0.3, 0.4) is 0 Å². The number of fused-ring (bicyclic) bond motifs is 1. The van der Waals surface area contributed by atoms with E-state index in [0.717, 1.165) is 29.5 Å². The van der Waals surface area contributed by atoms with Gasteiger partial charge in [0.2, 0.25) is 0 Å². The predicted octanol–water partition coefficient (Wildman–Crippen LogP) is -0.109. The van der Waals surface area contributed by atoms with E-state index in [1.807, 2.05) is 0 Å². The topological polar surface area (TPSA) is 174 Å². The Morgan fingerprint density at radius 3 is 1.76 bits per heavy atom. The van der Waals surface area contributed by atoms with Crippen molar-refractivity contribution in [2.24, 2.45) is 20.5 Å². The molecule has 0 aromatic heterocycles. The van der Waals surface area contributed by atoms with E-state index in [9.17, 15) is 15.3 Å². The monoisotopic (exact) mass is 580 g/mol. The van der Waals surface area contributed by atoms with Gasteiger partial charge in [0.05, 0.1) is 46.8 Å². The Hall–Kier alpha value is -2.74. The molecule has 200 valence electrons. The number of rotatable bonds is 11. The number of hydrogen-bond donors (Lipinski definition) is 2. The first-order valence-corrected chi connectivity index (χ1v) is 12.4. The molecule has 0 aliphatic carbocycles. The third kappa shape index (κ3) is 10.2. The molecule has 0 bridgehead atoms. The van der Waals surface area contributed by atoms with E-state index in [-0.39, 0.29) is 43.8 Å². The zero-order valence-electron chi connectivity index (χ0n) is 22.0. The first kappa shape index (κ1) is 34.5. The van der Waals surface area contributed by atoms with Gasteiger partial charge in [-0.3, -0.25) is 10.1 Å². The summed E-state index contributed by atoms with van der Waals surface area (Å²) in [4.78, 5) is 12.7. The Kier molecular flexibility index (Phi) is 15.1. The molecule has 4 aromatic rings. The number of nitrogens with zero attached hydrogens (tertiary/aromatic N) is 4. The van der Waals surface area contributed by atoms with Gasteiger partial charge >= 0.3 is 43.8 Å². The summed E-state index contributed by atoms with van der Waals surface area (Å²) in [5.74, 6) is 0. The molecule has 0 atom stereocenters. The molecule has 0 unspecified atom stereocenters. The quantitative estimate of drug-likeness (QED) is 0.0807. The zero-order chi connectivity index (χ0) is 27.5. The van der Waals surface area contributed by atoms with Gasteiger partial charge < -0.3 is 21.1 Å². The van der Waals surface area contributed by atoms with Crippen LogP contribution in [0.5, 0.6) is 0 Å². The van der Waals surface area contributed by atoms with Crippen molar-refractivity contribution in [2.45, 2.75) is 9.79 Å². The van der Waals surface area contributed by atoms with Crippen molar-refractivity contribution in [1.29, 1.82) is 0 Å². The second-order valence-corrected chi connectivity index (χ2v) is 8.94. The fraction of sp³-hybridized carbons (Fsp3) is 0.0417. The van der Waals surface area contributed by atoms with Crippen molar-refractivity contribution in [2.75, 3.05) is 12.4 Å². The maximum absolute atomic E-state index is 11.5. The molecule has 0 radical (unpaired) electrons. The molecule has 0 spiro atoms. The Balaban J connectivity index is 0.00000294. The van der Waals surface area contributed by atoms with Crippen molar-refractivity contribution in [3.8, 4) is 0 Å². The molecule has 0 fully saturated rings. The van der Waals surface area contributed by atoms with Crippen molar-refractivity contribution in [1.82, 2.24) is 5.32 Å². The molecule has 0 aliphatic heterocycles. The van der Waals surface area contributed by atoms with Gasteiger partial charge in [0.1, 0.15) is 0 Å². The van der Waals surface area contributed by atoms with E-state index in [4.69, 9.17) is 0 Å². The Morgan fingerprint density at radius 2 is 1.20 bits per heavy atom. The van der Waals surface area contributed by atoms with E-state index in [1.165, 1.54) is 7.05 Å². The molecule has 0 heterocycles. The second kappa shape index (κ2) is 17.9. The normalized spacial score (nSPS) is 10.9. The van der Waals surface area contributed by atoms with Crippen molar-refractivity contribution < 1.29 is 71.8 Å². The SMILES string of the molecule is CNC(=O)Nc1ccc(N=Nc2ccc(N=Nc3ccc(SOO[O-])cc3)c3cc(SOO[O-])ccc23)cc1.[Li+].[Li+]. The van der Waals surface area contributed by atoms with Crippen molar-refractivity contribution >= 4 is 69.3 Å². The molecule has 2 amide bonds. The molecule has 0 aliphatic rings. The van der Waals surface area contributed by atoms with Gasteiger partial charge in [-0.05, 0) is 72.8 Å². The summed E-state index contributed by atoms with van der Waals surface area (Å²) in [6.45, 7) is 0. The standard InChI is InChI=1S/C24H20N6O7S2.2Li/c1-25-24(31)26-15-2-4-16(5-3-15)27-29-22-12-13-23(21-14-19(39-37-35-33)10-11-20(21)22)30-28-17-6-8-18(9-7-17)38-36-34-32;;/h2-14,32-33H,1H3,(H2,25,26,31);;/q;2*+1/p-2. The average Bonchev–Trinajstić information content (AvgIpc) is 2.98. The van der Waals surface area contributed by atoms with Crippen LogP contribution in [0.15, 0.2) is 109 Å². The summed E-state index contributed by atoms with van der Waals surface area (Å²) < 4.78 is 8.74. The first-order valence-electron chi connectivity index (χ1n) is 10.9. The number of amides is 2. The number of urea groups is 1. The summed E-state index contributed by atoms with van der Waals surface area (Å²) in [6, 6.07) is 22.1. The molecule has 13 nitrogen and oxygen atoms in total. The molecule has 41 heavy (non-hydrogen) atoms. The molecular weight excluding hydrogens is 562 g/mol. The van der Waals surface area contributed by atoms with Crippen LogP contribution in [-0.2, 0) is 18.7 Å². The van der Waals surface area contributed by atoms with Crippen LogP contribution >= 0.6 is 24.1 Å². The number of anilines is 1. The number of azo groups is 2. The number of nitrogens with one attached hydrogen (secondary N) is 2. The summed E-state index contributed by atoms with van der Waals surface area (Å²) in [5.41, 5.74) is 2.84. The maximum atomic E-state index is 11.5. The molecule has 0 saturated heterocycles. The minimum absolute atomic E-state index is 0. The van der Waals surface area contributed by atoms with Gasteiger partial charge in [0, 0.05) is 33.3 Å².